The van der Waals surface area contributed by atoms with Crippen molar-refractivity contribution in [1.29, 1.82) is 0 Å². The monoisotopic (exact) mass is 217 g/mol. The Balaban J connectivity index is 1.81. The summed E-state index contributed by atoms with van der Waals surface area (Å²) in [4.78, 5) is 0. The van der Waals surface area contributed by atoms with Crippen molar-refractivity contribution in [2.24, 2.45) is 0 Å². The zero-order valence-corrected chi connectivity index (χ0v) is 8.83. The lowest BCUT2D eigenvalue weighted by Gasteiger charge is -2.34. The first-order valence-electron chi connectivity index (χ1n) is 5.19. The Bertz CT molecular complexity index is 334. The van der Waals surface area contributed by atoms with Crippen LogP contribution in [0.15, 0.2) is 0 Å². The molecule has 0 aromatic rings. The Morgan fingerprint density at radius 2 is 1.57 bits per heavy atom. The van der Waals surface area contributed by atoms with Crippen molar-refractivity contribution in [3.05, 3.63) is 0 Å². The van der Waals surface area contributed by atoms with Gasteiger partial charge in [-0.3, -0.25) is 0 Å². The molecule has 3 rings (SSSR count). The zero-order valence-electron chi connectivity index (χ0n) is 8.02. The summed E-state index contributed by atoms with van der Waals surface area (Å²) in [5.74, 6) is 0. The fourth-order valence-corrected chi connectivity index (χ4v) is 4.15. The van der Waals surface area contributed by atoms with Gasteiger partial charge in [-0.05, 0) is 12.8 Å². The molecule has 80 valence electrons. The highest BCUT2D eigenvalue weighted by atomic mass is 32.2. The molecule has 0 radical (unpaired) electrons. The second kappa shape index (κ2) is 2.91. The molecule has 0 atom stereocenters. The molecule has 2 heterocycles. The summed E-state index contributed by atoms with van der Waals surface area (Å²) in [5, 5.41) is 3.11. The highest BCUT2D eigenvalue weighted by Gasteiger charge is 2.48. The molecule has 1 saturated carbocycles. The molecule has 0 amide bonds. The molecular formula is C8H15N3O2S. The maximum absolute atomic E-state index is 12.0. The molecule has 0 unspecified atom stereocenters. The second-order valence-electron chi connectivity index (χ2n) is 4.27. The fraction of sp³-hybridized carbons (Fsp3) is 1.00. The Morgan fingerprint density at radius 1 is 1.00 bits per heavy atom. The second-order valence-corrected chi connectivity index (χ2v) is 6.11. The third kappa shape index (κ3) is 1.21. The number of hydrogen-bond acceptors (Lipinski definition) is 3. The smallest absolute Gasteiger partial charge is 0.282 e. The molecule has 2 aliphatic heterocycles. The summed E-state index contributed by atoms with van der Waals surface area (Å²) in [7, 11) is -3.10. The van der Waals surface area contributed by atoms with E-state index in [4.69, 9.17) is 0 Å². The molecule has 6 heteroatoms. The van der Waals surface area contributed by atoms with Gasteiger partial charge >= 0.3 is 0 Å². The molecule has 0 aromatic carbocycles. The van der Waals surface area contributed by atoms with E-state index in [-0.39, 0.29) is 6.04 Å². The average Bonchev–Trinajstić information content (AvgIpc) is 2.78. The number of nitrogens with one attached hydrogen (secondary N) is 1. The lowest BCUT2D eigenvalue weighted by Crippen LogP contribution is -2.58. The lowest BCUT2D eigenvalue weighted by atomic mass is 10.2. The van der Waals surface area contributed by atoms with Crippen LogP contribution in [0.25, 0.3) is 0 Å². The molecule has 3 aliphatic rings. The number of hydrogen-bond donors (Lipinski definition) is 1. The van der Waals surface area contributed by atoms with Crippen LogP contribution in [0.3, 0.4) is 0 Å². The van der Waals surface area contributed by atoms with E-state index in [0.29, 0.717) is 19.1 Å². The van der Waals surface area contributed by atoms with Gasteiger partial charge in [-0.25, -0.2) is 0 Å². The van der Waals surface area contributed by atoms with Gasteiger partial charge in [-0.1, -0.05) is 0 Å². The van der Waals surface area contributed by atoms with Crippen LogP contribution in [0.4, 0.5) is 0 Å². The van der Waals surface area contributed by atoms with Gasteiger partial charge in [0.1, 0.15) is 0 Å². The Morgan fingerprint density at radius 3 is 2.00 bits per heavy atom. The summed E-state index contributed by atoms with van der Waals surface area (Å²) in [6.07, 6.45) is 2.10. The molecule has 0 bridgehead atoms. The van der Waals surface area contributed by atoms with Crippen molar-refractivity contribution in [3.8, 4) is 0 Å². The number of nitrogens with zero attached hydrogens (tertiary/aromatic N) is 2. The molecule has 0 aromatic heterocycles. The summed E-state index contributed by atoms with van der Waals surface area (Å²) in [6.45, 7) is 3.02. The first-order chi connectivity index (χ1) is 6.69. The summed E-state index contributed by atoms with van der Waals surface area (Å²) in [5.41, 5.74) is 0. The van der Waals surface area contributed by atoms with Gasteiger partial charge in [-0.2, -0.15) is 17.0 Å². The average molecular weight is 217 g/mol. The first kappa shape index (κ1) is 9.08. The first-order valence-corrected chi connectivity index (χ1v) is 6.58. The van der Waals surface area contributed by atoms with Crippen molar-refractivity contribution in [3.63, 3.8) is 0 Å². The molecular weight excluding hydrogens is 202 g/mol. The van der Waals surface area contributed by atoms with Crippen molar-refractivity contribution >= 4 is 10.2 Å². The minimum atomic E-state index is -3.10. The van der Waals surface area contributed by atoms with Gasteiger partial charge in [0.15, 0.2) is 0 Å². The quantitative estimate of drug-likeness (QED) is 0.644. The number of rotatable bonds is 2. The minimum absolute atomic E-state index is 0.212. The van der Waals surface area contributed by atoms with Gasteiger partial charge in [0.2, 0.25) is 0 Å². The van der Waals surface area contributed by atoms with E-state index in [1.165, 1.54) is 0 Å². The van der Waals surface area contributed by atoms with Crippen molar-refractivity contribution < 1.29 is 8.42 Å². The Labute approximate surface area is 84.2 Å². The van der Waals surface area contributed by atoms with E-state index in [9.17, 15) is 8.42 Å². The topological polar surface area (TPSA) is 52.7 Å². The summed E-state index contributed by atoms with van der Waals surface area (Å²) >= 11 is 0. The third-order valence-corrected chi connectivity index (χ3v) is 5.40. The fourth-order valence-electron chi connectivity index (χ4n) is 2.14. The molecule has 14 heavy (non-hydrogen) atoms. The van der Waals surface area contributed by atoms with E-state index in [2.05, 4.69) is 5.32 Å². The maximum Gasteiger partial charge on any atom is 0.282 e. The maximum atomic E-state index is 12.0. The normalized spacial score (nSPS) is 34.6. The van der Waals surface area contributed by atoms with E-state index in [1.807, 2.05) is 0 Å². The molecule has 1 N–H and O–H groups in total. The summed E-state index contributed by atoms with van der Waals surface area (Å²) < 4.78 is 27.4. The molecule has 5 nitrogen and oxygen atoms in total. The van der Waals surface area contributed by atoms with Crippen LogP contribution < -0.4 is 5.32 Å². The predicted molar refractivity (Wildman–Crippen MR) is 52.0 cm³/mol. The van der Waals surface area contributed by atoms with Crippen LogP contribution in [0.1, 0.15) is 12.8 Å². The van der Waals surface area contributed by atoms with Gasteiger partial charge < -0.3 is 5.32 Å². The van der Waals surface area contributed by atoms with Crippen LogP contribution in [0, 0.1) is 0 Å². The van der Waals surface area contributed by atoms with Gasteiger partial charge in [0, 0.05) is 32.2 Å². The molecule has 1 aliphatic carbocycles. The third-order valence-electron chi connectivity index (χ3n) is 3.25. The van der Waals surface area contributed by atoms with E-state index in [1.54, 1.807) is 8.61 Å². The van der Waals surface area contributed by atoms with Crippen LogP contribution in [0.5, 0.6) is 0 Å². The highest BCUT2D eigenvalue weighted by Crippen LogP contribution is 2.34. The Hall–Kier alpha value is -0.170. The highest BCUT2D eigenvalue weighted by molar-refractivity contribution is 7.87. The van der Waals surface area contributed by atoms with Crippen LogP contribution in [-0.4, -0.2) is 55.3 Å². The standard InChI is InChI=1S/C8H15N3O2S/c12-14(13)10(7-1-2-7)3-4-11(14)8-5-9-6-8/h7-9H,1-6H2. The van der Waals surface area contributed by atoms with E-state index >= 15 is 0 Å². The van der Waals surface area contributed by atoms with Crippen LogP contribution in [-0.2, 0) is 10.2 Å². The van der Waals surface area contributed by atoms with Crippen LogP contribution in [0.2, 0.25) is 0 Å². The van der Waals surface area contributed by atoms with Crippen molar-refractivity contribution in [1.82, 2.24) is 13.9 Å². The van der Waals surface area contributed by atoms with E-state index < -0.39 is 10.2 Å². The lowest BCUT2D eigenvalue weighted by molar-refractivity contribution is 0.258. The molecule has 2 saturated heterocycles. The van der Waals surface area contributed by atoms with E-state index in [0.717, 1.165) is 25.9 Å². The Kier molecular flexibility index (Phi) is 1.89. The zero-order chi connectivity index (χ0) is 9.76. The van der Waals surface area contributed by atoms with Crippen molar-refractivity contribution in [2.45, 2.75) is 24.9 Å². The van der Waals surface area contributed by atoms with Gasteiger partial charge in [0.05, 0.1) is 6.04 Å². The van der Waals surface area contributed by atoms with Gasteiger partial charge in [0.25, 0.3) is 10.2 Å². The summed E-state index contributed by atoms with van der Waals surface area (Å²) in [6, 6.07) is 0.529. The largest absolute Gasteiger partial charge is 0.313 e. The molecule has 3 fully saturated rings. The minimum Gasteiger partial charge on any atom is -0.313 e. The molecule has 0 spiro atoms. The van der Waals surface area contributed by atoms with Crippen LogP contribution >= 0.6 is 0 Å². The SMILES string of the molecule is O=S1(=O)N(C2CC2)CCN1C1CNC1. The van der Waals surface area contributed by atoms with Crippen molar-refractivity contribution in [2.75, 3.05) is 26.2 Å². The van der Waals surface area contributed by atoms with Gasteiger partial charge in [-0.15, -0.1) is 0 Å². The predicted octanol–water partition coefficient (Wildman–Crippen LogP) is -1.02.